The Morgan fingerprint density at radius 3 is 2.74 bits per heavy atom. The molecular weight excluding hydrogens is 284 g/mol. The number of anilines is 1. The molecule has 2 N–H and O–H groups in total. The van der Waals surface area contributed by atoms with Crippen LogP contribution in [0.1, 0.15) is 12.0 Å². The van der Waals surface area contributed by atoms with Crippen LogP contribution in [0.5, 0.6) is 0 Å². The largest absolute Gasteiger partial charge is 0.355 e. The molecule has 6 heteroatoms. The molecular formula is C13H17ClN2O2S. The third-order valence-corrected chi connectivity index (χ3v) is 3.51. The van der Waals surface area contributed by atoms with Crippen LogP contribution in [0.2, 0.25) is 5.02 Å². The first-order chi connectivity index (χ1) is 9.04. The quantitative estimate of drug-likeness (QED) is 0.627. The summed E-state index contributed by atoms with van der Waals surface area (Å²) in [5.74, 6) is 0.221. The Kier molecular flexibility index (Phi) is 6.73. The molecule has 19 heavy (non-hydrogen) atoms. The van der Waals surface area contributed by atoms with Crippen molar-refractivity contribution >= 4 is 40.9 Å². The lowest BCUT2D eigenvalue weighted by atomic mass is 10.2. The van der Waals surface area contributed by atoms with Crippen molar-refractivity contribution in [2.75, 3.05) is 23.9 Å². The Balaban J connectivity index is 2.47. The minimum absolute atomic E-state index is 0.180. The topological polar surface area (TPSA) is 58.2 Å². The molecule has 0 spiro atoms. The summed E-state index contributed by atoms with van der Waals surface area (Å²) in [6.45, 7) is 2.39. The van der Waals surface area contributed by atoms with Crippen molar-refractivity contribution in [1.82, 2.24) is 5.32 Å². The molecule has 0 aliphatic rings. The number of amides is 2. The molecule has 0 saturated carbocycles. The fraction of sp³-hybridized carbons (Fsp3) is 0.385. The highest BCUT2D eigenvalue weighted by Gasteiger charge is 2.11. The molecule has 4 nitrogen and oxygen atoms in total. The van der Waals surface area contributed by atoms with Crippen LogP contribution in [0.3, 0.4) is 0 Å². The van der Waals surface area contributed by atoms with Gasteiger partial charge in [-0.15, -0.1) is 0 Å². The second-order valence-electron chi connectivity index (χ2n) is 3.98. The van der Waals surface area contributed by atoms with Crippen molar-refractivity contribution in [3.8, 4) is 0 Å². The molecule has 104 valence electrons. The van der Waals surface area contributed by atoms with Gasteiger partial charge in [-0.2, -0.15) is 11.8 Å². The predicted octanol–water partition coefficient (Wildman–Crippen LogP) is 2.46. The molecule has 0 radical (unpaired) electrons. The number of nitrogens with one attached hydrogen (secondary N) is 2. The molecule has 0 aromatic heterocycles. The van der Waals surface area contributed by atoms with E-state index in [1.807, 2.05) is 13.2 Å². The Morgan fingerprint density at radius 1 is 1.32 bits per heavy atom. The third kappa shape index (κ3) is 5.53. The highest BCUT2D eigenvalue weighted by molar-refractivity contribution is 7.98. The van der Waals surface area contributed by atoms with Crippen molar-refractivity contribution in [3.05, 3.63) is 28.8 Å². The molecule has 2 amide bonds. The number of rotatable bonds is 6. The van der Waals surface area contributed by atoms with Crippen molar-refractivity contribution in [2.24, 2.45) is 0 Å². The lowest BCUT2D eigenvalue weighted by Crippen LogP contribution is -2.29. The van der Waals surface area contributed by atoms with Crippen LogP contribution in [0.4, 0.5) is 5.69 Å². The number of carbonyl (C=O) groups is 2. The van der Waals surface area contributed by atoms with Crippen LogP contribution < -0.4 is 10.6 Å². The summed E-state index contributed by atoms with van der Waals surface area (Å²) in [6.07, 6.45) is 1.78. The van der Waals surface area contributed by atoms with Gasteiger partial charge in [0.2, 0.25) is 11.8 Å². The molecule has 0 aliphatic carbocycles. The van der Waals surface area contributed by atoms with Crippen molar-refractivity contribution in [2.45, 2.75) is 13.3 Å². The van der Waals surface area contributed by atoms with Gasteiger partial charge in [0.05, 0.1) is 0 Å². The Bertz CT molecular complexity index is 466. The average molecular weight is 301 g/mol. The number of hydrogen-bond donors (Lipinski definition) is 2. The van der Waals surface area contributed by atoms with Gasteiger partial charge >= 0.3 is 0 Å². The summed E-state index contributed by atoms with van der Waals surface area (Å²) in [5.41, 5.74) is 1.43. The molecule has 0 bridgehead atoms. The predicted molar refractivity (Wildman–Crippen MR) is 80.8 cm³/mol. The van der Waals surface area contributed by atoms with Gasteiger partial charge < -0.3 is 10.6 Å². The number of hydrogen-bond acceptors (Lipinski definition) is 3. The highest BCUT2D eigenvalue weighted by atomic mass is 35.5. The molecule has 1 aromatic rings. The van der Waals surface area contributed by atoms with Gasteiger partial charge in [-0.3, -0.25) is 9.59 Å². The van der Waals surface area contributed by atoms with E-state index in [2.05, 4.69) is 10.6 Å². The van der Waals surface area contributed by atoms with Gasteiger partial charge in [-0.05, 0) is 30.9 Å². The van der Waals surface area contributed by atoms with E-state index in [-0.39, 0.29) is 18.2 Å². The average Bonchev–Trinajstić information content (AvgIpc) is 2.35. The molecule has 0 fully saturated rings. The van der Waals surface area contributed by atoms with Crippen molar-refractivity contribution in [3.63, 3.8) is 0 Å². The maximum atomic E-state index is 11.7. The first-order valence-electron chi connectivity index (χ1n) is 5.85. The lowest BCUT2D eigenvalue weighted by Gasteiger charge is -2.09. The van der Waals surface area contributed by atoms with Crippen LogP contribution in [-0.4, -0.2) is 30.4 Å². The van der Waals surface area contributed by atoms with Gasteiger partial charge in [-0.1, -0.05) is 17.7 Å². The van der Waals surface area contributed by atoms with Gasteiger partial charge in [-0.25, -0.2) is 0 Å². The number of halogens is 1. The zero-order valence-electron chi connectivity index (χ0n) is 11.0. The summed E-state index contributed by atoms with van der Waals surface area (Å²) < 4.78 is 0. The number of carbonyl (C=O) groups excluding carboxylic acids is 2. The minimum Gasteiger partial charge on any atom is -0.355 e. The molecule has 1 aromatic carbocycles. The third-order valence-electron chi connectivity index (χ3n) is 2.49. The zero-order chi connectivity index (χ0) is 14.3. The SMILES string of the molecule is CSCCNC(=O)CC(=O)Nc1cccc(Cl)c1C. The molecule has 0 heterocycles. The normalized spacial score (nSPS) is 10.1. The van der Waals surface area contributed by atoms with E-state index >= 15 is 0 Å². The summed E-state index contributed by atoms with van der Waals surface area (Å²) in [7, 11) is 0. The van der Waals surface area contributed by atoms with E-state index in [1.54, 1.807) is 30.0 Å². The minimum atomic E-state index is -0.341. The first-order valence-corrected chi connectivity index (χ1v) is 7.62. The standard InChI is InChI=1S/C13H17ClN2O2S/c1-9-10(14)4-3-5-11(9)16-13(18)8-12(17)15-6-7-19-2/h3-5H,6-8H2,1-2H3,(H,15,17)(H,16,18). The van der Waals surface area contributed by atoms with Crippen LogP contribution >= 0.6 is 23.4 Å². The number of benzene rings is 1. The van der Waals surface area contributed by atoms with E-state index in [9.17, 15) is 9.59 Å². The summed E-state index contributed by atoms with van der Waals surface area (Å²) in [6, 6.07) is 5.26. The Labute approximate surface area is 122 Å². The fourth-order valence-corrected chi connectivity index (χ4v) is 1.92. The van der Waals surface area contributed by atoms with Crippen molar-refractivity contribution in [1.29, 1.82) is 0 Å². The highest BCUT2D eigenvalue weighted by Crippen LogP contribution is 2.22. The summed E-state index contributed by atoms with van der Waals surface area (Å²) in [4.78, 5) is 23.2. The number of thioether (sulfide) groups is 1. The van der Waals surface area contributed by atoms with E-state index in [1.165, 1.54) is 0 Å². The molecule has 0 atom stereocenters. The Morgan fingerprint density at radius 2 is 2.05 bits per heavy atom. The first kappa shape index (κ1) is 15.9. The van der Waals surface area contributed by atoms with Crippen LogP contribution in [0.25, 0.3) is 0 Å². The van der Waals surface area contributed by atoms with E-state index < -0.39 is 0 Å². The van der Waals surface area contributed by atoms with Crippen LogP contribution in [0, 0.1) is 6.92 Å². The maximum absolute atomic E-state index is 11.7. The fourth-order valence-electron chi connectivity index (χ4n) is 1.44. The lowest BCUT2D eigenvalue weighted by molar-refractivity contribution is -0.126. The van der Waals surface area contributed by atoms with Crippen molar-refractivity contribution < 1.29 is 9.59 Å². The van der Waals surface area contributed by atoms with Gasteiger partial charge in [0.15, 0.2) is 0 Å². The van der Waals surface area contributed by atoms with Crippen LogP contribution in [0.15, 0.2) is 18.2 Å². The van der Waals surface area contributed by atoms with Gasteiger partial charge in [0.25, 0.3) is 0 Å². The Hall–Kier alpha value is -1.20. The monoisotopic (exact) mass is 300 g/mol. The zero-order valence-corrected chi connectivity index (χ0v) is 12.5. The van der Waals surface area contributed by atoms with E-state index in [0.717, 1.165) is 11.3 Å². The van der Waals surface area contributed by atoms with Crippen LogP contribution in [-0.2, 0) is 9.59 Å². The molecule has 1 rings (SSSR count). The smallest absolute Gasteiger partial charge is 0.233 e. The maximum Gasteiger partial charge on any atom is 0.233 e. The molecule has 0 unspecified atom stereocenters. The second-order valence-corrected chi connectivity index (χ2v) is 5.37. The van der Waals surface area contributed by atoms with E-state index in [4.69, 9.17) is 11.6 Å². The van der Waals surface area contributed by atoms with Gasteiger partial charge in [0, 0.05) is 23.0 Å². The second kappa shape index (κ2) is 8.07. The van der Waals surface area contributed by atoms with Gasteiger partial charge in [0.1, 0.15) is 6.42 Å². The molecule has 0 saturated heterocycles. The summed E-state index contributed by atoms with van der Waals surface area (Å²) >= 11 is 7.59. The molecule has 0 aliphatic heterocycles. The summed E-state index contributed by atoms with van der Waals surface area (Å²) in [5, 5.41) is 5.95. The van der Waals surface area contributed by atoms with E-state index in [0.29, 0.717) is 17.3 Å².